The van der Waals surface area contributed by atoms with Crippen LogP contribution < -0.4 is 0 Å². The molecule has 0 radical (unpaired) electrons. The number of nitrogens with zero attached hydrogens (tertiary/aromatic N) is 3. The molecule has 0 aromatic rings. The number of hydrogen-bond acceptors (Lipinski definition) is 5. The monoisotopic (exact) mass is 395 g/mol. The normalized spacial score (nSPS) is 25.0. The van der Waals surface area contributed by atoms with Gasteiger partial charge in [-0.3, -0.25) is 4.79 Å². The van der Waals surface area contributed by atoms with Gasteiger partial charge in [-0.1, -0.05) is 20.4 Å². The van der Waals surface area contributed by atoms with E-state index >= 15 is 0 Å². The number of piperidine rings is 1. The quantitative estimate of drug-likeness (QED) is 0.536. The number of likely N-dealkylation sites (tertiary alicyclic amines) is 1. The fourth-order valence-corrected chi connectivity index (χ4v) is 4.49. The van der Waals surface area contributed by atoms with Gasteiger partial charge in [-0.05, 0) is 38.7 Å². The Kier molecular flexibility index (Phi) is 6.75. The number of rotatable bonds is 4. The number of likely N-dealkylation sites (N-methyl/N-ethyl adjacent to an activating group) is 1. The molecule has 3 amide bonds. The largest absolute Gasteiger partial charge is 0.467 e. The second-order valence-electron chi connectivity index (χ2n) is 8.00. The van der Waals surface area contributed by atoms with Crippen LogP contribution in [-0.2, 0) is 19.1 Å². The Morgan fingerprint density at radius 2 is 1.82 bits per heavy atom. The van der Waals surface area contributed by atoms with Crippen LogP contribution in [0, 0.1) is 5.92 Å². The lowest BCUT2D eigenvalue weighted by Gasteiger charge is -2.43. The van der Waals surface area contributed by atoms with Crippen molar-refractivity contribution in [2.75, 3.05) is 27.2 Å². The topological polar surface area (TPSA) is 79.4 Å². The van der Waals surface area contributed by atoms with Crippen molar-refractivity contribution < 1.29 is 23.9 Å². The Morgan fingerprint density at radius 1 is 1.25 bits per heavy atom. The van der Waals surface area contributed by atoms with E-state index in [1.54, 1.807) is 16.8 Å². The summed E-state index contributed by atoms with van der Waals surface area (Å²) in [7, 11) is 2.96. The molecule has 8 heteroatoms. The van der Waals surface area contributed by atoms with Crippen LogP contribution in [0.2, 0.25) is 0 Å². The molecule has 158 valence electrons. The van der Waals surface area contributed by atoms with Gasteiger partial charge in [0.05, 0.1) is 18.8 Å². The van der Waals surface area contributed by atoms with E-state index in [9.17, 15) is 14.4 Å². The standard InChI is InChI=1S/C20H33N3O5/c1-8-16(24)23-14(4)20(28-15(23)5)9-11-22(12-10-20)19(26)21(6)17(13(2)3)18(25)27-7/h8,13-15,17H,1,9-12H2,2-7H3/t14-,15-,17?/m1/s1. The molecule has 3 atom stereocenters. The van der Waals surface area contributed by atoms with Gasteiger partial charge in [0.25, 0.3) is 0 Å². The zero-order valence-corrected chi connectivity index (χ0v) is 17.8. The lowest BCUT2D eigenvalue weighted by molar-refractivity contribution is -0.147. The predicted molar refractivity (Wildman–Crippen MR) is 104 cm³/mol. The summed E-state index contributed by atoms with van der Waals surface area (Å²) in [6.07, 6.45) is 2.24. The summed E-state index contributed by atoms with van der Waals surface area (Å²) >= 11 is 0. The second-order valence-corrected chi connectivity index (χ2v) is 8.00. The molecule has 2 saturated heterocycles. The minimum absolute atomic E-state index is 0.0601. The van der Waals surface area contributed by atoms with E-state index < -0.39 is 17.6 Å². The summed E-state index contributed by atoms with van der Waals surface area (Å²) in [5.74, 6) is -0.623. The molecule has 2 heterocycles. The molecule has 0 bridgehead atoms. The molecule has 0 aliphatic carbocycles. The molecule has 0 N–H and O–H groups in total. The minimum atomic E-state index is -0.629. The molecule has 0 aromatic heterocycles. The van der Waals surface area contributed by atoms with Crippen LogP contribution in [-0.4, -0.2) is 83.8 Å². The lowest BCUT2D eigenvalue weighted by atomic mass is 9.85. The van der Waals surface area contributed by atoms with Crippen molar-refractivity contribution in [2.45, 2.75) is 64.4 Å². The molecular formula is C20H33N3O5. The molecule has 2 fully saturated rings. The van der Waals surface area contributed by atoms with E-state index in [2.05, 4.69) is 6.58 Å². The molecule has 0 saturated carbocycles. The minimum Gasteiger partial charge on any atom is -0.467 e. The van der Waals surface area contributed by atoms with Gasteiger partial charge in [-0.25, -0.2) is 9.59 Å². The summed E-state index contributed by atoms with van der Waals surface area (Å²) < 4.78 is 11.1. The third-order valence-corrected chi connectivity index (χ3v) is 6.08. The van der Waals surface area contributed by atoms with Gasteiger partial charge in [0.15, 0.2) is 0 Å². The molecular weight excluding hydrogens is 362 g/mol. The molecule has 1 unspecified atom stereocenters. The zero-order valence-electron chi connectivity index (χ0n) is 17.8. The first-order valence-corrected chi connectivity index (χ1v) is 9.81. The third-order valence-electron chi connectivity index (χ3n) is 6.08. The lowest BCUT2D eigenvalue weighted by Crippen LogP contribution is -2.57. The van der Waals surface area contributed by atoms with Crippen molar-refractivity contribution >= 4 is 17.9 Å². The average Bonchev–Trinajstić information content (AvgIpc) is 2.90. The van der Waals surface area contributed by atoms with Gasteiger partial charge < -0.3 is 24.2 Å². The van der Waals surface area contributed by atoms with Gasteiger partial charge in [0.1, 0.15) is 12.3 Å². The summed E-state index contributed by atoms with van der Waals surface area (Å²) in [5.41, 5.74) is -0.465. The first-order chi connectivity index (χ1) is 13.1. The van der Waals surface area contributed by atoms with Crippen LogP contribution in [0.5, 0.6) is 0 Å². The summed E-state index contributed by atoms with van der Waals surface area (Å²) in [5, 5.41) is 0. The third kappa shape index (κ3) is 3.87. The van der Waals surface area contributed by atoms with Crippen molar-refractivity contribution in [1.82, 2.24) is 14.7 Å². The molecule has 2 rings (SSSR count). The number of esters is 1. The zero-order chi connectivity index (χ0) is 21.2. The van der Waals surface area contributed by atoms with Gasteiger partial charge in [0.2, 0.25) is 5.91 Å². The van der Waals surface area contributed by atoms with E-state index in [1.807, 2.05) is 27.7 Å². The molecule has 2 aliphatic rings. The van der Waals surface area contributed by atoms with Crippen molar-refractivity contribution in [3.63, 3.8) is 0 Å². The fraction of sp³-hybridized carbons (Fsp3) is 0.750. The Bertz CT molecular complexity index is 627. The van der Waals surface area contributed by atoms with Crippen molar-refractivity contribution in [3.05, 3.63) is 12.7 Å². The maximum Gasteiger partial charge on any atom is 0.328 e. The first kappa shape index (κ1) is 22.2. The average molecular weight is 396 g/mol. The molecule has 1 spiro atoms. The number of carbonyl (C=O) groups excluding carboxylic acids is 3. The van der Waals surface area contributed by atoms with Crippen molar-refractivity contribution in [1.29, 1.82) is 0 Å². The number of carbonyl (C=O) groups is 3. The highest BCUT2D eigenvalue weighted by atomic mass is 16.5. The summed E-state index contributed by atoms with van der Waals surface area (Å²) in [4.78, 5) is 42.1. The van der Waals surface area contributed by atoms with Crippen molar-refractivity contribution in [2.24, 2.45) is 5.92 Å². The Morgan fingerprint density at radius 3 is 2.29 bits per heavy atom. The molecule has 28 heavy (non-hydrogen) atoms. The molecule has 8 nitrogen and oxygen atoms in total. The van der Waals surface area contributed by atoms with Gasteiger partial charge in [-0.15, -0.1) is 0 Å². The maximum absolute atomic E-state index is 13.0. The Labute approximate surface area is 167 Å². The molecule has 2 aliphatic heterocycles. The van der Waals surface area contributed by atoms with Crippen LogP contribution in [0.25, 0.3) is 0 Å². The molecule has 0 aromatic carbocycles. The maximum atomic E-state index is 13.0. The van der Waals surface area contributed by atoms with Gasteiger partial charge in [0, 0.05) is 20.1 Å². The number of hydrogen-bond donors (Lipinski definition) is 0. The Hall–Kier alpha value is -2.09. The van der Waals surface area contributed by atoms with E-state index in [4.69, 9.17) is 9.47 Å². The van der Waals surface area contributed by atoms with Crippen LogP contribution in [0.3, 0.4) is 0 Å². The van der Waals surface area contributed by atoms with E-state index in [0.29, 0.717) is 25.9 Å². The SMILES string of the molecule is C=CC(=O)N1[C@@H](C)OC2(CCN(C(=O)N(C)C(C(=O)OC)C(C)C)CC2)[C@H]1C. The van der Waals surface area contributed by atoms with E-state index in [0.717, 1.165) is 0 Å². The number of urea groups is 1. The van der Waals surface area contributed by atoms with Crippen LogP contribution in [0.15, 0.2) is 12.7 Å². The van der Waals surface area contributed by atoms with E-state index in [-0.39, 0.29) is 30.1 Å². The van der Waals surface area contributed by atoms with Crippen LogP contribution in [0.4, 0.5) is 4.79 Å². The highest BCUT2D eigenvalue weighted by molar-refractivity contribution is 5.87. The highest BCUT2D eigenvalue weighted by Gasteiger charge is 2.52. The predicted octanol–water partition coefficient (Wildman–Crippen LogP) is 1.85. The van der Waals surface area contributed by atoms with Crippen molar-refractivity contribution in [3.8, 4) is 0 Å². The van der Waals surface area contributed by atoms with Gasteiger partial charge in [-0.2, -0.15) is 0 Å². The summed E-state index contributed by atoms with van der Waals surface area (Å²) in [6.45, 7) is 12.2. The fourth-order valence-electron chi connectivity index (χ4n) is 4.49. The number of methoxy groups -OCH3 is 1. The van der Waals surface area contributed by atoms with Gasteiger partial charge >= 0.3 is 12.0 Å². The number of ether oxygens (including phenoxy) is 2. The Balaban J connectivity index is 2.07. The van der Waals surface area contributed by atoms with Crippen LogP contribution in [0.1, 0.15) is 40.5 Å². The summed E-state index contributed by atoms with van der Waals surface area (Å²) in [6, 6.07) is -0.922. The number of amides is 3. The van der Waals surface area contributed by atoms with E-state index in [1.165, 1.54) is 18.1 Å². The first-order valence-electron chi connectivity index (χ1n) is 9.81. The highest BCUT2D eigenvalue weighted by Crippen LogP contribution is 2.40. The second kappa shape index (κ2) is 8.51. The smallest absolute Gasteiger partial charge is 0.328 e. The van der Waals surface area contributed by atoms with Crippen LogP contribution >= 0.6 is 0 Å².